The first-order chi connectivity index (χ1) is 20.6. The van der Waals surface area contributed by atoms with Crippen molar-refractivity contribution in [1.82, 2.24) is 0 Å². The van der Waals surface area contributed by atoms with Gasteiger partial charge in [0, 0.05) is 11.1 Å². The van der Waals surface area contributed by atoms with Crippen LogP contribution in [-0.4, -0.2) is 6.61 Å². The lowest BCUT2D eigenvalue weighted by molar-refractivity contribution is 0.255. The maximum atomic E-state index is 6.82. The van der Waals surface area contributed by atoms with Crippen molar-refractivity contribution >= 4 is 8.60 Å². The minimum Gasteiger partial charge on any atom is -0.417 e. The van der Waals surface area contributed by atoms with Gasteiger partial charge in [-0.25, -0.2) is 0 Å². The fraction of sp³-hybridized carbons (Fsp3) is 0.700. The van der Waals surface area contributed by atoms with Crippen molar-refractivity contribution in [3.05, 3.63) is 58.7 Å². The van der Waals surface area contributed by atoms with Crippen molar-refractivity contribution in [1.29, 1.82) is 0 Å². The summed E-state index contributed by atoms with van der Waals surface area (Å²) in [5, 5.41) is 0. The second-order valence-electron chi connectivity index (χ2n) is 15.4. The van der Waals surface area contributed by atoms with Gasteiger partial charge in [0.15, 0.2) is 0 Å². The van der Waals surface area contributed by atoms with Crippen LogP contribution in [0.25, 0.3) is 0 Å². The molecule has 2 aromatic carbocycles. The van der Waals surface area contributed by atoms with Crippen LogP contribution in [0.5, 0.6) is 11.5 Å². The second kappa shape index (κ2) is 16.8. The summed E-state index contributed by atoms with van der Waals surface area (Å²) in [6.07, 6.45) is 11.5. The van der Waals surface area contributed by atoms with Gasteiger partial charge in [-0.3, -0.25) is 4.52 Å². The van der Waals surface area contributed by atoms with Gasteiger partial charge in [0.05, 0.1) is 6.61 Å². The summed E-state index contributed by atoms with van der Waals surface area (Å²) in [4.78, 5) is 0. The van der Waals surface area contributed by atoms with Crippen molar-refractivity contribution in [2.45, 2.75) is 176 Å². The Kier molecular flexibility index (Phi) is 14.8. The lowest BCUT2D eigenvalue weighted by atomic mass is 9.76. The highest BCUT2D eigenvalue weighted by Crippen LogP contribution is 2.49. The molecule has 0 heterocycles. The molecule has 0 aliphatic heterocycles. The third-order valence-corrected chi connectivity index (χ3v) is 11.6. The highest BCUT2D eigenvalue weighted by atomic mass is 31.2. The van der Waals surface area contributed by atoms with Crippen LogP contribution in [0.3, 0.4) is 0 Å². The van der Waals surface area contributed by atoms with Gasteiger partial charge in [-0.2, -0.15) is 0 Å². The SMILES string of the molecule is CCCCCCCCOP(Oc1ccc(C(C)(C)CC)cc1C(C)(C)CC)Oc1ccc(C(C)(C)CC)cc1C(C)(C)CC. The first-order valence-electron chi connectivity index (χ1n) is 17.7. The molecule has 0 aliphatic carbocycles. The second-order valence-corrected chi connectivity index (χ2v) is 16.4. The summed E-state index contributed by atoms with van der Waals surface area (Å²) >= 11 is 0. The number of benzene rings is 2. The maximum absolute atomic E-state index is 6.82. The Balaban J connectivity index is 2.53. The molecule has 0 saturated heterocycles. The van der Waals surface area contributed by atoms with Crippen LogP contribution in [0.1, 0.15) is 176 Å². The standard InChI is InChI=1S/C40H67O3P/c1-14-19-20-21-22-23-28-41-44(42-35-26-24-31(37(6,7)15-2)29-33(35)39(10,11)17-4)43-36-27-25-32(38(8,9)16-3)30-34(36)40(12,13)18-5/h24-27,29-30H,14-23,28H2,1-13H3. The van der Waals surface area contributed by atoms with Gasteiger partial charge in [-0.15, -0.1) is 0 Å². The molecule has 0 radical (unpaired) electrons. The Morgan fingerprint density at radius 1 is 0.500 bits per heavy atom. The molecular weight excluding hydrogens is 559 g/mol. The molecule has 0 fully saturated rings. The number of rotatable bonds is 20. The third-order valence-electron chi connectivity index (χ3n) is 10.6. The molecule has 3 nitrogen and oxygen atoms in total. The Hall–Kier alpha value is -1.57. The van der Waals surface area contributed by atoms with E-state index in [9.17, 15) is 0 Å². The van der Waals surface area contributed by atoms with Crippen LogP contribution in [-0.2, 0) is 26.2 Å². The van der Waals surface area contributed by atoms with E-state index < -0.39 is 8.60 Å². The lowest BCUT2D eigenvalue weighted by Gasteiger charge is -2.32. The summed E-state index contributed by atoms with van der Waals surface area (Å²) in [7, 11) is -1.66. The zero-order chi connectivity index (χ0) is 33.2. The minimum absolute atomic E-state index is 0.0435. The average Bonchev–Trinajstić information content (AvgIpc) is 3.00. The molecule has 0 spiro atoms. The van der Waals surface area contributed by atoms with Crippen LogP contribution in [0.4, 0.5) is 0 Å². The van der Waals surface area contributed by atoms with E-state index in [1.807, 2.05) is 0 Å². The molecular formula is C40H67O3P. The average molecular weight is 627 g/mol. The Bertz CT molecular complexity index is 1070. The Morgan fingerprint density at radius 2 is 0.886 bits per heavy atom. The molecule has 0 bridgehead atoms. The van der Waals surface area contributed by atoms with Crippen molar-refractivity contribution in [3.63, 3.8) is 0 Å². The normalized spacial score (nSPS) is 13.0. The van der Waals surface area contributed by atoms with E-state index in [-0.39, 0.29) is 21.7 Å². The van der Waals surface area contributed by atoms with Crippen LogP contribution < -0.4 is 9.05 Å². The number of hydrogen-bond donors (Lipinski definition) is 0. The van der Waals surface area contributed by atoms with Gasteiger partial charge in [-0.05, 0) is 77.0 Å². The van der Waals surface area contributed by atoms with E-state index in [0.29, 0.717) is 6.61 Å². The first-order valence-corrected chi connectivity index (χ1v) is 18.8. The van der Waals surface area contributed by atoms with E-state index in [4.69, 9.17) is 13.6 Å². The lowest BCUT2D eigenvalue weighted by Crippen LogP contribution is -2.22. The molecule has 0 aliphatic rings. The molecule has 0 amide bonds. The molecule has 4 heteroatoms. The zero-order valence-corrected chi connectivity index (χ0v) is 31.8. The highest BCUT2D eigenvalue weighted by molar-refractivity contribution is 7.42. The van der Waals surface area contributed by atoms with Gasteiger partial charge in [-0.1, -0.05) is 146 Å². The van der Waals surface area contributed by atoms with Crippen LogP contribution >= 0.6 is 8.60 Å². The van der Waals surface area contributed by atoms with Gasteiger partial charge >= 0.3 is 8.60 Å². The summed E-state index contributed by atoms with van der Waals surface area (Å²) in [6.45, 7) is 30.5. The Labute approximate surface area is 274 Å². The van der Waals surface area contributed by atoms with Crippen molar-refractivity contribution in [2.75, 3.05) is 6.61 Å². The molecule has 2 rings (SSSR count). The Morgan fingerprint density at radius 3 is 1.27 bits per heavy atom. The smallest absolute Gasteiger partial charge is 0.417 e. The molecule has 0 atom stereocenters. The van der Waals surface area contributed by atoms with E-state index in [1.165, 1.54) is 54.4 Å². The molecule has 2 aromatic rings. The van der Waals surface area contributed by atoms with Crippen molar-refractivity contribution < 1.29 is 13.6 Å². The van der Waals surface area contributed by atoms with Crippen molar-refractivity contribution in [2.24, 2.45) is 0 Å². The van der Waals surface area contributed by atoms with Crippen LogP contribution in [0.15, 0.2) is 36.4 Å². The fourth-order valence-electron chi connectivity index (χ4n) is 5.16. The molecule has 250 valence electrons. The summed E-state index contributed by atoms with van der Waals surface area (Å²) in [5.74, 6) is 1.75. The highest BCUT2D eigenvalue weighted by Gasteiger charge is 2.32. The maximum Gasteiger partial charge on any atom is 0.463 e. The predicted octanol–water partition coefficient (Wildman–Crippen LogP) is 13.5. The van der Waals surface area contributed by atoms with E-state index in [1.54, 1.807) is 0 Å². The zero-order valence-electron chi connectivity index (χ0n) is 30.9. The molecule has 0 saturated carbocycles. The van der Waals surface area contributed by atoms with E-state index in [2.05, 4.69) is 126 Å². The predicted molar refractivity (Wildman–Crippen MR) is 194 cm³/mol. The van der Waals surface area contributed by atoms with Gasteiger partial charge < -0.3 is 9.05 Å². The van der Waals surface area contributed by atoms with Gasteiger partial charge in [0.25, 0.3) is 0 Å². The largest absolute Gasteiger partial charge is 0.463 e. The monoisotopic (exact) mass is 626 g/mol. The minimum atomic E-state index is -1.66. The topological polar surface area (TPSA) is 27.7 Å². The summed E-state index contributed by atoms with van der Waals surface area (Å²) in [6, 6.07) is 13.5. The molecule has 0 unspecified atom stereocenters. The first kappa shape index (κ1) is 38.6. The van der Waals surface area contributed by atoms with Crippen molar-refractivity contribution in [3.8, 4) is 11.5 Å². The summed E-state index contributed by atoms with van der Waals surface area (Å²) in [5.41, 5.74) is 5.27. The van der Waals surface area contributed by atoms with E-state index >= 15 is 0 Å². The van der Waals surface area contributed by atoms with Gasteiger partial charge in [0.2, 0.25) is 0 Å². The van der Waals surface area contributed by atoms with E-state index in [0.717, 1.165) is 43.6 Å². The molecule has 44 heavy (non-hydrogen) atoms. The van der Waals surface area contributed by atoms with Crippen LogP contribution in [0.2, 0.25) is 0 Å². The number of hydrogen-bond acceptors (Lipinski definition) is 3. The molecule has 0 N–H and O–H groups in total. The third kappa shape index (κ3) is 10.5. The fourth-order valence-corrected chi connectivity index (χ4v) is 6.22. The van der Waals surface area contributed by atoms with Crippen LogP contribution in [0, 0.1) is 0 Å². The molecule has 0 aromatic heterocycles. The number of unbranched alkanes of at least 4 members (excludes halogenated alkanes) is 5. The van der Waals surface area contributed by atoms with Gasteiger partial charge in [0.1, 0.15) is 11.5 Å². The summed E-state index contributed by atoms with van der Waals surface area (Å²) < 4.78 is 20.2. The quantitative estimate of drug-likeness (QED) is 0.108.